The van der Waals surface area contributed by atoms with Crippen LogP contribution in [0.3, 0.4) is 0 Å². The van der Waals surface area contributed by atoms with Crippen LogP contribution in [0.5, 0.6) is 0 Å². The Balaban J connectivity index is 2.07. The van der Waals surface area contributed by atoms with Crippen LogP contribution in [0.15, 0.2) is 47.4 Å². The zero-order chi connectivity index (χ0) is 19.3. The second kappa shape index (κ2) is 9.20. The SMILES string of the molecule is CCN(CC)S(=O)(=O)c1ccc(C(C)NCc2cc(Cl)cc(Cl)c2)cc1. The fourth-order valence-electron chi connectivity index (χ4n) is 2.74. The second-order valence-corrected chi connectivity index (χ2v) is 8.85. The molecule has 0 saturated heterocycles. The van der Waals surface area contributed by atoms with Crippen LogP contribution in [0.1, 0.15) is 37.9 Å². The first-order valence-corrected chi connectivity index (χ1v) is 10.8. The summed E-state index contributed by atoms with van der Waals surface area (Å²) in [5, 5.41) is 4.60. The molecule has 0 spiro atoms. The van der Waals surface area contributed by atoms with Crippen LogP contribution in [0.2, 0.25) is 10.0 Å². The van der Waals surface area contributed by atoms with E-state index in [1.54, 1.807) is 18.2 Å². The van der Waals surface area contributed by atoms with E-state index in [4.69, 9.17) is 23.2 Å². The molecule has 1 unspecified atom stereocenters. The maximum absolute atomic E-state index is 12.5. The van der Waals surface area contributed by atoms with Crippen molar-refractivity contribution in [3.05, 3.63) is 63.6 Å². The van der Waals surface area contributed by atoms with Gasteiger partial charge in [-0.2, -0.15) is 4.31 Å². The number of hydrogen-bond donors (Lipinski definition) is 1. The molecule has 0 aliphatic heterocycles. The Kier molecular flexibility index (Phi) is 7.50. The standard InChI is InChI=1S/C19H24Cl2N2O2S/c1-4-23(5-2)26(24,25)19-8-6-16(7-9-19)14(3)22-13-15-10-17(20)12-18(21)11-15/h6-12,14,22H,4-5,13H2,1-3H3. The molecular formula is C19H24Cl2N2O2S. The summed E-state index contributed by atoms with van der Waals surface area (Å²) in [4.78, 5) is 0.318. The molecule has 0 amide bonds. The van der Waals surface area contributed by atoms with Gasteiger partial charge in [-0.15, -0.1) is 0 Å². The number of rotatable bonds is 8. The minimum atomic E-state index is -3.42. The molecule has 7 heteroatoms. The van der Waals surface area contributed by atoms with Gasteiger partial charge in [0.25, 0.3) is 0 Å². The Bertz CT molecular complexity index is 815. The van der Waals surface area contributed by atoms with E-state index in [0.717, 1.165) is 11.1 Å². The van der Waals surface area contributed by atoms with E-state index in [0.29, 0.717) is 34.6 Å². The van der Waals surface area contributed by atoms with Crippen LogP contribution >= 0.6 is 23.2 Å². The van der Waals surface area contributed by atoms with Crippen molar-refractivity contribution < 1.29 is 8.42 Å². The highest BCUT2D eigenvalue weighted by atomic mass is 35.5. The number of sulfonamides is 1. The van der Waals surface area contributed by atoms with Gasteiger partial charge in [-0.25, -0.2) is 8.42 Å². The number of nitrogens with zero attached hydrogens (tertiary/aromatic N) is 1. The first-order valence-electron chi connectivity index (χ1n) is 8.56. The topological polar surface area (TPSA) is 49.4 Å². The van der Waals surface area contributed by atoms with Crippen molar-refractivity contribution in [3.63, 3.8) is 0 Å². The predicted octanol–water partition coefficient (Wildman–Crippen LogP) is 4.87. The van der Waals surface area contributed by atoms with Crippen LogP contribution in [0.4, 0.5) is 0 Å². The fourth-order valence-corrected chi connectivity index (χ4v) is 4.77. The van der Waals surface area contributed by atoms with E-state index in [2.05, 4.69) is 5.32 Å². The Labute approximate surface area is 166 Å². The molecule has 142 valence electrons. The molecule has 0 radical (unpaired) electrons. The van der Waals surface area contributed by atoms with Crippen molar-refractivity contribution in [3.8, 4) is 0 Å². The van der Waals surface area contributed by atoms with Gasteiger partial charge in [0, 0.05) is 35.7 Å². The van der Waals surface area contributed by atoms with E-state index in [1.807, 2.05) is 45.0 Å². The van der Waals surface area contributed by atoms with E-state index >= 15 is 0 Å². The van der Waals surface area contributed by atoms with Crippen molar-refractivity contribution >= 4 is 33.2 Å². The maximum atomic E-state index is 12.5. The smallest absolute Gasteiger partial charge is 0.243 e. The lowest BCUT2D eigenvalue weighted by Gasteiger charge is -2.19. The summed E-state index contributed by atoms with van der Waals surface area (Å²) in [5.74, 6) is 0. The molecule has 0 aromatic heterocycles. The van der Waals surface area contributed by atoms with Gasteiger partial charge in [-0.05, 0) is 48.4 Å². The number of benzene rings is 2. The van der Waals surface area contributed by atoms with Gasteiger partial charge in [0.2, 0.25) is 10.0 Å². The van der Waals surface area contributed by atoms with E-state index < -0.39 is 10.0 Å². The summed E-state index contributed by atoms with van der Waals surface area (Å²) in [5.41, 5.74) is 2.01. The molecule has 0 saturated carbocycles. The third-order valence-corrected chi connectivity index (χ3v) is 6.76. The largest absolute Gasteiger partial charge is 0.306 e. The third-order valence-electron chi connectivity index (χ3n) is 4.26. The minimum Gasteiger partial charge on any atom is -0.306 e. The highest BCUT2D eigenvalue weighted by molar-refractivity contribution is 7.89. The quantitative estimate of drug-likeness (QED) is 0.669. The molecule has 4 nitrogen and oxygen atoms in total. The van der Waals surface area contributed by atoms with Crippen molar-refractivity contribution in [1.82, 2.24) is 9.62 Å². The zero-order valence-corrected chi connectivity index (χ0v) is 17.5. The molecule has 26 heavy (non-hydrogen) atoms. The highest BCUT2D eigenvalue weighted by Crippen LogP contribution is 2.22. The first kappa shape index (κ1) is 21.2. The normalized spacial score (nSPS) is 13.2. The molecule has 1 N–H and O–H groups in total. The molecule has 0 fully saturated rings. The van der Waals surface area contributed by atoms with Gasteiger partial charge >= 0.3 is 0 Å². The molecule has 0 bridgehead atoms. The summed E-state index contributed by atoms with van der Waals surface area (Å²) >= 11 is 12.0. The van der Waals surface area contributed by atoms with Gasteiger partial charge in [0.1, 0.15) is 0 Å². The molecule has 0 heterocycles. The lowest BCUT2D eigenvalue weighted by molar-refractivity contribution is 0.445. The summed E-state index contributed by atoms with van der Waals surface area (Å²) in [6, 6.07) is 12.5. The summed E-state index contributed by atoms with van der Waals surface area (Å²) in [7, 11) is -3.42. The predicted molar refractivity (Wildman–Crippen MR) is 108 cm³/mol. The van der Waals surface area contributed by atoms with E-state index in [9.17, 15) is 8.42 Å². The highest BCUT2D eigenvalue weighted by Gasteiger charge is 2.21. The van der Waals surface area contributed by atoms with E-state index in [-0.39, 0.29) is 6.04 Å². The van der Waals surface area contributed by atoms with Crippen LogP contribution < -0.4 is 5.32 Å². The lowest BCUT2D eigenvalue weighted by atomic mass is 10.1. The second-order valence-electron chi connectivity index (χ2n) is 6.04. The summed E-state index contributed by atoms with van der Waals surface area (Å²) in [6.07, 6.45) is 0. The molecule has 2 aromatic carbocycles. The lowest BCUT2D eigenvalue weighted by Crippen LogP contribution is -2.30. The number of nitrogens with one attached hydrogen (secondary N) is 1. The third kappa shape index (κ3) is 5.21. The first-order chi connectivity index (χ1) is 12.3. The average molecular weight is 415 g/mol. The van der Waals surface area contributed by atoms with Gasteiger partial charge < -0.3 is 5.32 Å². The molecule has 0 aliphatic carbocycles. The fraction of sp³-hybridized carbons (Fsp3) is 0.368. The molecular weight excluding hydrogens is 391 g/mol. The van der Waals surface area contributed by atoms with Crippen LogP contribution in [0, 0.1) is 0 Å². The van der Waals surface area contributed by atoms with E-state index in [1.165, 1.54) is 4.31 Å². The Morgan fingerprint density at radius 1 is 1.00 bits per heavy atom. The number of hydrogen-bond acceptors (Lipinski definition) is 3. The zero-order valence-electron chi connectivity index (χ0n) is 15.2. The number of halogens is 2. The van der Waals surface area contributed by atoms with Gasteiger partial charge in [0.15, 0.2) is 0 Å². The van der Waals surface area contributed by atoms with Crippen molar-refractivity contribution in [2.24, 2.45) is 0 Å². The molecule has 1 atom stereocenters. The van der Waals surface area contributed by atoms with Crippen molar-refractivity contribution in [2.45, 2.75) is 38.3 Å². The van der Waals surface area contributed by atoms with Gasteiger partial charge in [-0.1, -0.05) is 49.2 Å². The Hall–Kier alpha value is -1.11. The molecule has 2 aromatic rings. The van der Waals surface area contributed by atoms with Crippen LogP contribution in [-0.4, -0.2) is 25.8 Å². The maximum Gasteiger partial charge on any atom is 0.243 e. The summed E-state index contributed by atoms with van der Waals surface area (Å²) < 4.78 is 26.5. The Morgan fingerprint density at radius 3 is 2.04 bits per heavy atom. The van der Waals surface area contributed by atoms with Crippen LogP contribution in [-0.2, 0) is 16.6 Å². The monoisotopic (exact) mass is 414 g/mol. The minimum absolute atomic E-state index is 0.0537. The molecule has 2 rings (SSSR count). The average Bonchev–Trinajstić information content (AvgIpc) is 2.60. The van der Waals surface area contributed by atoms with Gasteiger partial charge in [-0.3, -0.25) is 0 Å². The van der Waals surface area contributed by atoms with Crippen molar-refractivity contribution in [2.75, 3.05) is 13.1 Å². The summed E-state index contributed by atoms with van der Waals surface area (Å²) in [6.45, 7) is 7.23. The van der Waals surface area contributed by atoms with Crippen molar-refractivity contribution in [1.29, 1.82) is 0 Å². The van der Waals surface area contributed by atoms with Crippen LogP contribution in [0.25, 0.3) is 0 Å². The van der Waals surface area contributed by atoms with Gasteiger partial charge in [0.05, 0.1) is 4.90 Å². The molecule has 0 aliphatic rings. The Morgan fingerprint density at radius 2 is 1.54 bits per heavy atom.